The fourth-order valence-corrected chi connectivity index (χ4v) is 2.42. The Balaban J connectivity index is 2.31. The molecule has 88 valence electrons. The van der Waals surface area contributed by atoms with E-state index in [2.05, 4.69) is 4.90 Å². The molecule has 0 amide bonds. The van der Waals surface area contributed by atoms with Crippen LogP contribution in [-0.4, -0.2) is 30.1 Å². The maximum Gasteiger partial charge on any atom is 0.126 e. The SMILES string of the molecule is Cc1cc(C2(O)CCCN(C)C2)ccc1F. The van der Waals surface area contributed by atoms with Gasteiger partial charge in [0, 0.05) is 6.54 Å². The zero-order chi connectivity index (χ0) is 11.8. The van der Waals surface area contributed by atoms with E-state index in [9.17, 15) is 9.50 Å². The lowest BCUT2D eigenvalue weighted by Crippen LogP contribution is -2.44. The third-order valence-corrected chi connectivity index (χ3v) is 3.36. The highest BCUT2D eigenvalue weighted by Crippen LogP contribution is 2.31. The molecule has 1 aromatic carbocycles. The van der Waals surface area contributed by atoms with Gasteiger partial charge in [0.1, 0.15) is 11.4 Å². The Labute approximate surface area is 95.7 Å². The number of hydrogen-bond donors (Lipinski definition) is 1. The molecule has 2 nitrogen and oxygen atoms in total. The van der Waals surface area contributed by atoms with E-state index in [-0.39, 0.29) is 5.82 Å². The molecule has 16 heavy (non-hydrogen) atoms. The van der Waals surface area contributed by atoms with Gasteiger partial charge in [0.15, 0.2) is 0 Å². The summed E-state index contributed by atoms with van der Waals surface area (Å²) in [6.07, 6.45) is 1.73. The van der Waals surface area contributed by atoms with Crippen molar-refractivity contribution >= 4 is 0 Å². The van der Waals surface area contributed by atoms with E-state index in [1.807, 2.05) is 7.05 Å². The van der Waals surface area contributed by atoms with Crippen molar-refractivity contribution in [3.05, 3.63) is 35.1 Å². The van der Waals surface area contributed by atoms with E-state index < -0.39 is 5.60 Å². The fraction of sp³-hybridized carbons (Fsp3) is 0.538. The molecule has 1 aliphatic heterocycles. The van der Waals surface area contributed by atoms with Crippen LogP contribution in [0.3, 0.4) is 0 Å². The first-order valence-electron chi connectivity index (χ1n) is 5.69. The summed E-state index contributed by atoms with van der Waals surface area (Å²) < 4.78 is 13.2. The molecule has 0 aromatic heterocycles. The van der Waals surface area contributed by atoms with Gasteiger partial charge in [-0.3, -0.25) is 0 Å². The number of piperidine rings is 1. The number of β-amino-alcohol motifs (C(OH)–C–C–N with tert-alkyl or cyclic N) is 1. The minimum Gasteiger partial charge on any atom is -0.384 e. The number of nitrogens with zero attached hydrogens (tertiary/aromatic N) is 1. The quantitative estimate of drug-likeness (QED) is 0.787. The second-order valence-electron chi connectivity index (χ2n) is 4.84. The average Bonchev–Trinajstić information content (AvgIpc) is 2.21. The summed E-state index contributed by atoms with van der Waals surface area (Å²) in [7, 11) is 2.00. The second kappa shape index (κ2) is 4.15. The number of likely N-dealkylation sites (tertiary alicyclic amines) is 1. The van der Waals surface area contributed by atoms with E-state index in [0.717, 1.165) is 24.9 Å². The molecule has 0 spiro atoms. The van der Waals surface area contributed by atoms with E-state index in [1.165, 1.54) is 6.07 Å². The molecule has 0 bridgehead atoms. The van der Waals surface area contributed by atoms with Crippen molar-refractivity contribution in [2.75, 3.05) is 20.1 Å². The standard InChI is InChI=1S/C13H18FNO/c1-10-8-11(4-5-12(10)14)13(16)6-3-7-15(2)9-13/h4-5,8,16H,3,6-7,9H2,1-2H3. The van der Waals surface area contributed by atoms with E-state index in [1.54, 1.807) is 19.1 Å². The Morgan fingerprint density at radius 3 is 2.81 bits per heavy atom. The lowest BCUT2D eigenvalue weighted by atomic mass is 9.85. The first-order chi connectivity index (χ1) is 7.51. The van der Waals surface area contributed by atoms with Crippen LogP contribution in [0, 0.1) is 12.7 Å². The zero-order valence-corrected chi connectivity index (χ0v) is 9.83. The highest BCUT2D eigenvalue weighted by Gasteiger charge is 2.33. The Morgan fingerprint density at radius 1 is 1.44 bits per heavy atom. The third kappa shape index (κ3) is 2.11. The normalized spacial score (nSPS) is 27.0. The largest absolute Gasteiger partial charge is 0.384 e. The molecular weight excluding hydrogens is 205 g/mol. The van der Waals surface area contributed by atoms with Crippen molar-refractivity contribution < 1.29 is 9.50 Å². The number of halogens is 1. The second-order valence-corrected chi connectivity index (χ2v) is 4.84. The van der Waals surface area contributed by atoms with Gasteiger partial charge in [-0.2, -0.15) is 0 Å². The number of benzene rings is 1. The van der Waals surface area contributed by atoms with Gasteiger partial charge in [-0.1, -0.05) is 12.1 Å². The highest BCUT2D eigenvalue weighted by molar-refractivity contribution is 5.29. The molecule has 0 aliphatic carbocycles. The van der Waals surface area contributed by atoms with Gasteiger partial charge in [0.05, 0.1) is 0 Å². The molecule has 1 fully saturated rings. The molecule has 3 heteroatoms. The fourth-order valence-electron chi connectivity index (χ4n) is 2.42. The van der Waals surface area contributed by atoms with Crippen LogP contribution in [0.15, 0.2) is 18.2 Å². The summed E-state index contributed by atoms with van der Waals surface area (Å²) >= 11 is 0. The molecule has 1 unspecified atom stereocenters. The Hall–Kier alpha value is -0.930. The lowest BCUT2D eigenvalue weighted by molar-refractivity contribution is -0.0278. The summed E-state index contributed by atoms with van der Waals surface area (Å²) in [4.78, 5) is 2.11. The van der Waals surface area contributed by atoms with Crippen LogP contribution in [0.2, 0.25) is 0 Å². The Morgan fingerprint density at radius 2 is 2.19 bits per heavy atom. The maximum atomic E-state index is 13.2. The van der Waals surface area contributed by atoms with Crippen LogP contribution in [0.5, 0.6) is 0 Å². The Kier molecular flexibility index (Phi) is 3.00. The van der Waals surface area contributed by atoms with Gasteiger partial charge in [-0.05, 0) is 50.6 Å². The molecule has 1 N–H and O–H groups in total. The number of hydrogen-bond acceptors (Lipinski definition) is 2. The summed E-state index contributed by atoms with van der Waals surface area (Å²) in [5, 5.41) is 10.6. The first-order valence-corrected chi connectivity index (χ1v) is 5.69. The van der Waals surface area contributed by atoms with E-state index in [0.29, 0.717) is 12.1 Å². The van der Waals surface area contributed by atoms with Crippen LogP contribution in [0.25, 0.3) is 0 Å². The predicted molar refractivity (Wildman–Crippen MR) is 61.8 cm³/mol. The summed E-state index contributed by atoms with van der Waals surface area (Å²) in [5.74, 6) is -0.212. The number of likely N-dealkylation sites (N-methyl/N-ethyl adjacent to an activating group) is 1. The van der Waals surface area contributed by atoms with E-state index in [4.69, 9.17) is 0 Å². The van der Waals surface area contributed by atoms with Crippen LogP contribution >= 0.6 is 0 Å². The smallest absolute Gasteiger partial charge is 0.126 e. The average molecular weight is 223 g/mol. The summed E-state index contributed by atoms with van der Waals surface area (Å²) in [6.45, 7) is 3.37. The van der Waals surface area contributed by atoms with Crippen molar-refractivity contribution in [2.45, 2.75) is 25.4 Å². The van der Waals surface area contributed by atoms with Gasteiger partial charge in [-0.25, -0.2) is 4.39 Å². The van der Waals surface area contributed by atoms with Crippen molar-refractivity contribution in [2.24, 2.45) is 0 Å². The molecule has 1 saturated heterocycles. The minimum absolute atomic E-state index is 0.212. The maximum absolute atomic E-state index is 13.2. The van der Waals surface area contributed by atoms with Crippen molar-refractivity contribution in [3.63, 3.8) is 0 Å². The van der Waals surface area contributed by atoms with Gasteiger partial charge >= 0.3 is 0 Å². The monoisotopic (exact) mass is 223 g/mol. The molecule has 1 aliphatic rings. The first kappa shape index (κ1) is 11.6. The van der Waals surface area contributed by atoms with Crippen LogP contribution in [0.4, 0.5) is 4.39 Å². The van der Waals surface area contributed by atoms with Crippen molar-refractivity contribution in [3.8, 4) is 0 Å². The summed E-state index contributed by atoms with van der Waals surface area (Å²) in [5.41, 5.74) is 0.614. The van der Waals surface area contributed by atoms with Crippen molar-refractivity contribution in [1.82, 2.24) is 4.90 Å². The number of rotatable bonds is 1. The molecule has 2 rings (SSSR count). The Bertz CT molecular complexity index is 394. The highest BCUT2D eigenvalue weighted by atomic mass is 19.1. The van der Waals surface area contributed by atoms with E-state index >= 15 is 0 Å². The topological polar surface area (TPSA) is 23.5 Å². The zero-order valence-electron chi connectivity index (χ0n) is 9.83. The van der Waals surface area contributed by atoms with Gasteiger partial charge in [-0.15, -0.1) is 0 Å². The molecule has 1 heterocycles. The number of aliphatic hydroxyl groups is 1. The number of aryl methyl sites for hydroxylation is 1. The van der Waals surface area contributed by atoms with Gasteiger partial charge in [0.2, 0.25) is 0 Å². The molecule has 1 aromatic rings. The molecule has 1 atom stereocenters. The van der Waals surface area contributed by atoms with Gasteiger partial charge < -0.3 is 10.0 Å². The van der Waals surface area contributed by atoms with Crippen LogP contribution < -0.4 is 0 Å². The predicted octanol–water partition coefficient (Wildman–Crippen LogP) is 2.05. The summed E-state index contributed by atoms with van der Waals surface area (Å²) in [6, 6.07) is 4.90. The van der Waals surface area contributed by atoms with Crippen LogP contribution in [-0.2, 0) is 5.60 Å². The molecular formula is C13H18FNO. The lowest BCUT2D eigenvalue weighted by Gasteiger charge is -2.38. The van der Waals surface area contributed by atoms with Crippen LogP contribution in [0.1, 0.15) is 24.0 Å². The third-order valence-electron chi connectivity index (χ3n) is 3.36. The van der Waals surface area contributed by atoms with Crippen molar-refractivity contribution in [1.29, 1.82) is 0 Å². The minimum atomic E-state index is -0.814. The van der Waals surface area contributed by atoms with Gasteiger partial charge in [0.25, 0.3) is 0 Å². The molecule has 0 saturated carbocycles. The molecule has 0 radical (unpaired) electrons.